The second kappa shape index (κ2) is 11.2. The van der Waals surface area contributed by atoms with E-state index in [-0.39, 0.29) is 28.6 Å². The first-order valence-corrected chi connectivity index (χ1v) is 14.0. The number of nitrogens with zero attached hydrogens (tertiary/aromatic N) is 2. The van der Waals surface area contributed by atoms with Crippen molar-refractivity contribution >= 4 is 40.2 Å². The number of ether oxygens (including phenoxy) is 3. The van der Waals surface area contributed by atoms with E-state index in [0.717, 1.165) is 18.7 Å². The van der Waals surface area contributed by atoms with E-state index < -0.39 is 23.6 Å². The Kier molecular flexibility index (Phi) is 7.84. The molecule has 4 N–H and O–H groups in total. The predicted octanol–water partition coefficient (Wildman–Crippen LogP) is 5.83. The molecular formula is C30H37FN6O5. The number of nitrogens with one attached hydrogen (secondary N) is 4. The number of hydrogen-bond donors (Lipinski definition) is 4. The number of benzene rings is 1. The average Bonchev–Trinajstić information content (AvgIpc) is 2.91. The van der Waals surface area contributed by atoms with Crippen LogP contribution in [0.2, 0.25) is 0 Å². The Morgan fingerprint density at radius 3 is 2.62 bits per heavy atom. The van der Waals surface area contributed by atoms with Gasteiger partial charge < -0.3 is 24.8 Å². The van der Waals surface area contributed by atoms with Gasteiger partial charge in [0.1, 0.15) is 29.8 Å². The smallest absolute Gasteiger partial charge is 0.413 e. The normalized spacial score (nSPS) is 17.8. The summed E-state index contributed by atoms with van der Waals surface area (Å²) in [4.78, 5) is 34.3. The van der Waals surface area contributed by atoms with Gasteiger partial charge in [-0.05, 0) is 63.7 Å². The monoisotopic (exact) mass is 580 g/mol. The summed E-state index contributed by atoms with van der Waals surface area (Å²) in [7, 11) is 0. The zero-order valence-electron chi connectivity index (χ0n) is 24.7. The van der Waals surface area contributed by atoms with Crippen LogP contribution in [0.5, 0.6) is 5.88 Å². The highest BCUT2D eigenvalue weighted by Crippen LogP contribution is 2.40. The molecule has 0 bridgehead atoms. The summed E-state index contributed by atoms with van der Waals surface area (Å²) >= 11 is 0. The number of fused-ring (bicyclic) bond motifs is 2. The second-order valence-corrected chi connectivity index (χ2v) is 12.3. The van der Waals surface area contributed by atoms with Crippen LogP contribution in [0.25, 0.3) is 21.9 Å². The first-order valence-electron chi connectivity index (χ1n) is 14.0. The van der Waals surface area contributed by atoms with E-state index in [9.17, 15) is 9.59 Å². The van der Waals surface area contributed by atoms with Crippen molar-refractivity contribution in [3.05, 3.63) is 35.9 Å². The summed E-state index contributed by atoms with van der Waals surface area (Å²) in [5.41, 5.74) is 1.01. The quantitative estimate of drug-likeness (QED) is 0.300. The number of aromatic nitrogens is 2. The minimum absolute atomic E-state index is 0.101. The largest absolute Gasteiger partial charge is 0.474 e. The summed E-state index contributed by atoms with van der Waals surface area (Å²) in [5.74, 6) is -0.0118. The maximum Gasteiger partial charge on any atom is 0.413 e. The molecule has 1 unspecified atom stereocenters. The minimum Gasteiger partial charge on any atom is -0.474 e. The molecule has 0 spiro atoms. The van der Waals surface area contributed by atoms with Crippen molar-refractivity contribution in [2.75, 3.05) is 42.2 Å². The number of anilines is 3. The first-order chi connectivity index (χ1) is 19.8. The van der Waals surface area contributed by atoms with Crippen LogP contribution in [-0.4, -0.2) is 60.1 Å². The molecule has 0 saturated carbocycles. The molecule has 224 valence electrons. The van der Waals surface area contributed by atoms with Gasteiger partial charge in [0.25, 0.3) is 0 Å². The van der Waals surface area contributed by atoms with Gasteiger partial charge in [-0.15, -0.1) is 0 Å². The van der Waals surface area contributed by atoms with Crippen LogP contribution in [-0.2, 0) is 9.47 Å². The van der Waals surface area contributed by atoms with Crippen LogP contribution in [0.4, 0.5) is 31.2 Å². The number of halogens is 1. The molecule has 12 heteroatoms. The third kappa shape index (κ3) is 6.18. The molecule has 42 heavy (non-hydrogen) atoms. The number of hydrogen-bond acceptors (Lipinski definition) is 9. The van der Waals surface area contributed by atoms with E-state index in [0.29, 0.717) is 47.5 Å². The van der Waals surface area contributed by atoms with Crippen molar-refractivity contribution in [2.24, 2.45) is 5.41 Å². The number of carbonyl (C=O) groups is 2. The number of carbonyl (C=O) groups excluding carboxylic acids is 2. The topological polar surface area (TPSA) is 136 Å². The average molecular weight is 581 g/mol. The Morgan fingerprint density at radius 2 is 1.88 bits per heavy atom. The highest BCUT2D eigenvalue weighted by atomic mass is 19.1. The van der Waals surface area contributed by atoms with E-state index in [4.69, 9.17) is 14.2 Å². The Labute approximate surface area is 243 Å². The Morgan fingerprint density at radius 1 is 1.10 bits per heavy atom. The molecule has 2 amide bonds. The maximum absolute atomic E-state index is 16.3. The molecule has 1 aromatic carbocycles. The predicted molar refractivity (Wildman–Crippen MR) is 159 cm³/mol. The van der Waals surface area contributed by atoms with Gasteiger partial charge in [0.05, 0.1) is 5.69 Å². The van der Waals surface area contributed by atoms with Gasteiger partial charge in [0.15, 0.2) is 5.82 Å². The van der Waals surface area contributed by atoms with Gasteiger partial charge in [0.2, 0.25) is 5.88 Å². The van der Waals surface area contributed by atoms with Crippen molar-refractivity contribution in [3.8, 4) is 17.0 Å². The number of amides is 2. The van der Waals surface area contributed by atoms with Gasteiger partial charge in [-0.25, -0.2) is 23.9 Å². The fraction of sp³-hybridized carbons (Fsp3) is 0.467. The second-order valence-electron chi connectivity index (χ2n) is 12.3. The van der Waals surface area contributed by atoms with E-state index in [1.807, 2.05) is 20.8 Å². The third-order valence-electron chi connectivity index (χ3n) is 7.34. The summed E-state index contributed by atoms with van der Waals surface area (Å²) in [6.07, 6.45) is 1.93. The molecular weight excluding hydrogens is 543 g/mol. The molecule has 0 aliphatic carbocycles. The lowest BCUT2D eigenvalue weighted by Gasteiger charge is -2.38. The zero-order chi connectivity index (χ0) is 30.2. The van der Waals surface area contributed by atoms with E-state index >= 15 is 4.39 Å². The lowest BCUT2D eigenvalue weighted by Crippen LogP contribution is -2.48. The molecule has 1 fully saturated rings. The Bertz CT molecular complexity index is 1540. The summed E-state index contributed by atoms with van der Waals surface area (Å²) in [6, 6.07) is 3.25. The van der Waals surface area contributed by atoms with Crippen LogP contribution < -0.4 is 26.0 Å². The standard InChI is InChI=1S/C30H37FN6O5/c1-16-19(13-35-26-24(16)33-9-10-40-26)18-11-17-12-22(36-27(38)41-21-7-8-32-15-30(21,5)6)34-14-20(17)25(23(18)31)37-28(39)42-29(2,3)4/h11-14,21,32-33H,7-10,15H2,1-6H3,(H,37,39)(H,34,36,38). The van der Waals surface area contributed by atoms with E-state index in [2.05, 4.69) is 31.2 Å². The van der Waals surface area contributed by atoms with Crippen molar-refractivity contribution in [1.29, 1.82) is 0 Å². The van der Waals surface area contributed by atoms with Crippen LogP contribution in [0.15, 0.2) is 24.5 Å². The molecule has 3 aromatic rings. The van der Waals surface area contributed by atoms with E-state index in [1.165, 1.54) is 6.20 Å². The lowest BCUT2D eigenvalue weighted by molar-refractivity contribution is 0.00976. The molecule has 2 aliphatic heterocycles. The summed E-state index contributed by atoms with van der Waals surface area (Å²) in [5, 5.41) is 12.7. The van der Waals surface area contributed by atoms with Crippen molar-refractivity contribution in [1.82, 2.24) is 15.3 Å². The molecule has 2 aliphatic rings. The zero-order valence-corrected chi connectivity index (χ0v) is 24.7. The van der Waals surface area contributed by atoms with E-state index in [1.54, 1.807) is 39.1 Å². The Hall–Kier alpha value is -4.19. The number of pyridine rings is 2. The fourth-order valence-corrected chi connectivity index (χ4v) is 5.19. The number of piperidine rings is 1. The Balaban J connectivity index is 1.53. The lowest BCUT2D eigenvalue weighted by atomic mass is 9.82. The molecule has 5 rings (SSSR count). The van der Waals surface area contributed by atoms with Gasteiger partial charge >= 0.3 is 12.2 Å². The van der Waals surface area contributed by atoms with Gasteiger partial charge in [-0.1, -0.05) is 13.8 Å². The minimum atomic E-state index is -0.814. The first kappa shape index (κ1) is 29.3. The van der Waals surface area contributed by atoms with Crippen molar-refractivity contribution < 1.29 is 28.2 Å². The van der Waals surface area contributed by atoms with Crippen LogP contribution in [0.1, 0.15) is 46.6 Å². The fourth-order valence-electron chi connectivity index (χ4n) is 5.19. The summed E-state index contributed by atoms with van der Waals surface area (Å²) in [6.45, 7) is 13.7. The highest BCUT2D eigenvalue weighted by Gasteiger charge is 2.35. The molecule has 1 atom stereocenters. The van der Waals surface area contributed by atoms with Gasteiger partial charge in [0, 0.05) is 47.4 Å². The molecule has 1 saturated heterocycles. The SMILES string of the molecule is Cc1c(-c2cc3cc(NC(=O)OC4CCNCC4(C)C)ncc3c(NC(=O)OC(C)(C)C)c2F)cnc2c1NCCO2. The summed E-state index contributed by atoms with van der Waals surface area (Å²) < 4.78 is 33.0. The molecule has 2 aromatic heterocycles. The van der Waals surface area contributed by atoms with Crippen molar-refractivity contribution in [3.63, 3.8) is 0 Å². The van der Waals surface area contributed by atoms with Crippen LogP contribution in [0.3, 0.4) is 0 Å². The molecule has 11 nitrogen and oxygen atoms in total. The van der Waals surface area contributed by atoms with Crippen LogP contribution >= 0.6 is 0 Å². The highest BCUT2D eigenvalue weighted by molar-refractivity contribution is 6.04. The van der Waals surface area contributed by atoms with Crippen molar-refractivity contribution in [2.45, 2.75) is 59.7 Å². The van der Waals surface area contributed by atoms with Gasteiger partial charge in [-0.3, -0.25) is 10.6 Å². The molecule has 0 radical (unpaired) electrons. The third-order valence-corrected chi connectivity index (χ3v) is 7.34. The van der Waals surface area contributed by atoms with Crippen LogP contribution in [0, 0.1) is 18.2 Å². The number of rotatable bonds is 4. The maximum atomic E-state index is 16.3. The molecule has 4 heterocycles. The van der Waals surface area contributed by atoms with Gasteiger partial charge in [-0.2, -0.15) is 0 Å².